The molecule has 2 heterocycles. The number of aryl methyl sites for hydroxylation is 2. The molecule has 5 aromatic rings. The summed E-state index contributed by atoms with van der Waals surface area (Å²) in [5.74, 6) is 0.183. The van der Waals surface area contributed by atoms with E-state index in [9.17, 15) is 9.59 Å². The van der Waals surface area contributed by atoms with Crippen molar-refractivity contribution < 1.29 is 4.79 Å². The number of aromatic nitrogens is 3. The molecule has 0 unspecified atom stereocenters. The Morgan fingerprint density at radius 2 is 1.53 bits per heavy atom. The lowest BCUT2D eigenvalue weighted by molar-refractivity contribution is 0.102. The number of rotatable bonds is 7. The number of benzene rings is 3. The highest BCUT2D eigenvalue weighted by molar-refractivity contribution is 7.99. The third kappa shape index (κ3) is 4.40. The molecule has 0 aliphatic carbocycles. The second kappa shape index (κ2) is 9.99. The smallest absolute Gasteiger partial charge is 0.266 e. The van der Waals surface area contributed by atoms with Crippen LogP contribution in [0.5, 0.6) is 0 Å². The fraction of sp³-hybridized carbons (Fsp3) is 0.167. The molecule has 0 fully saturated rings. The largest absolute Gasteiger partial charge is 0.318 e. The molecule has 5 nitrogen and oxygen atoms in total. The lowest BCUT2D eigenvalue weighted by Gasteiger charge is -2.13. The summed E-state index contributed by atoms with van der Waals surface area (Å²) in [4.78, 5) is 31.6. The van der Waals surface area contributed by atoms with E-state index in [-0.39, 0.29) is 17.1 Å². The molecule has 0 saturated carbocycles. The predicted molar refractivity (Wildman–Crippen MR) is 147 cm³/mol. The zero-order valence-electron chi connectivity index (χ0n) is 20.6. The van der Waals surface area contributed by atoms with Crippen molar-refractivity contribution in [2.45, 2.75) is 32.3 Å². The highest BCUT2D eigenvalue weighted by Gasteiger charge is 2.19. The maximum atomic E-state index is 13.5. The minimum atomic E-state index is -0.137. The van der Waals surface area contributed by atoms with Crippen LogP contribution in [-0.2, 0) is 6.42 Å². The molecule has 180 valence electrons. The Bertz CT molecular complexity index is 1620. The van der Waals surface area contributed by atoms with Gasteiger partial charge in [-0.05, 0) is 68.3 Å². The Kier molecular flexibility index (Phi) is 6.61. The normalized spacial score (nSPS) is 11.2. The van der Waals surface area contributed by atoms with Crippen molar-refractivity contribution in [3.8, 4) is 11.4 Å². The van der Waals surface area contributed by atoms with E-state index in [1.807, 2.05) is 92.7 Å². The van der Waals surface area contributed by atoms with Crippen molar-refractivity contribution >= 4 is 28.4 Å². The molecule has 0 radical (unpaired) electrons. The molecule has 0 atom stereocenters. The fourth-order valence-corrected chi connectivity index (χ4v) is 5.44. The van der Waals surface area contributed by atoms with Crippen molar-refractivity contribution in [2.75, 3.05) is 5.75 Å². The summed E-state index contributed by atoms with van der Waals surface area (Å²) in [6.07, 6.45) is 0.919. The fourth-order valence-electron chi connectivity index (χ4n) is 4.54. The standard InChI is InChI=1S/C30H27N3O2S/c1-4-22-14-16-24(17-15-22)33-29(35)25-12-8-9-13-27(25)31-30(33)36-19-28(34)26-18-20(2)32(21(26)3)23-10-6-5-7-11-23/h5-18H,4,19H2,1-3H3. The molecule has 0 saturated heterocycles. The third-order valence-corrected chi connectivity index (χ3v) is 7.36. The molecule has 0 aliphatic heterocycles. The van der Waals surface area contributed by atoms with E-state index in [1.54, 1.807) is 10.6 Å². The van der Waals surface area contributed by atoms with E-state index >= 15 is 0 Å². The first kappa shape index (κ1) is 23.8. The van der Waals surface area contributed by atoms with E-state index in [1.165, 1.54) is 17.3 Å². The van der Waals surface area contributed by atoms with Gasteiger partial charge in [0.05, 0.1) is 22.3 Å². The van der Waals surface area contributed by atoms with Crippen LogP contribution in [0.4, 0.5) is 0 Å². The van der Waals surface area contributed by atoms with E-state index in [2.05, 4.69) is 11.5 Å². The zero-order valence-corrected chi connectivity index (χ0v) is 21.4. The van der Waals surface area contributed by atoms with E-state index in [0.717, 1.165) is 29.2 Å². The SMILES string of the molecule is CCc1ccc(-n2c(SCC(=O)c3cc(C)n(-c4ccccc4)c3C)nc3ccccc3c2=O)cc1. The molecule has 3 aromatic carbocycles. The number of Topliss-reactive ketones (excluding diaryl/α,β-unsaturated/α-hetero) is 1. The lowest BCUT2D eigenvalue weighted by atomic mass is 10.1. The van der Waals surface area contributed by atoms with Gasteiger partial charge in [-0.2, -0.15) is 0 Å². The maximum absolute atomic E-state index is 13.5. The van der Waals surface area contributed by atoms with Crippen LogP contribution in [0.3, 0.4) is 0 Å². The van der Waals surface area contributed by atoms with Crippen molar-refractivity contribution in [1.82, 2.24) is 14.1 Å². The minimum Gasteiger partial charge on any atom is -0.318 e. The summed E-state index contributed by atoms with van der Waals surface area (Å²) in [6.45, 7) is 6.07. The predicted octanol–water partition coefficient (Wildman–Crippen LogP) is 6.33. The van der Waals surface area contributed by atoms with Crippen molar-refractivity contribution in [3.05, 3.63) is 118 Å². The van der Waals surface area contributed by atoms with Crippen LogP contribution in [-0.4, -0.2) is 25.7 Å². The first-order valence-corrected chi connectivity index (χ1v) is 13.0. The summed E-state index contributed by atoms with van der Waals surface area (Å²) in [7, 11) is 0. The van der Waals surface area contributed by atoms with Gasteiger partial charge < -0.3 is 4.57 Å². The van der Waals surface area contributed by atoms with Gasteiger partial charge in [0, 0.05) is 22.6 Å². The second-order valence-electron chi connectivity index (χ2n) is 8.74. The first-order valence-electron chi connectivity index (χ1n) is 12.0. The Hall–Kier alpha value is -3.90. The van der Waals surface area contributed by atoms with Gasteiger partial charge in [0.25, 0.3) is 5.56 Å². The van der Waals surface area contributed by atoms with Gasteiger partial charge in [0.2, 0.25) is 0 Å². The van der Waals surface area contributed by atoms with Gasteiger partial charge in [-0.25, -0.2) is 4.98 Å². The number of thioether (sulfide) groups is 1. The van der Waals surface area contributed by atoms with Gasteiger partial charge in [-0.1, -0.05) is 61.2 Å². The number of hydrogen-bond acceptors (Lipinski definition) is 4. The van der Waals surface area contributed by atoms with E-state index < -0.39 is 0 Å². The van der Waals surface area contributed by atoms with Crippen LogP contribution in [0.15, 0.2) is 94.9 Å². The molecule has 6 heteroatoms. The summed E-state index contributed by atoms with van der Waals surface area (Å²) in [5.41, 5.74) is 6.05. The topological polar surface area (TPSA) is 56.9 Å². The molecule has 0 N–H and O–H groups in total. The van der Waals surface area contributed by atoms with Crippen molar-refractivity contribution in [2.24, 2.45) is 0 Å². The lowest BCUT2D eigenvalue weighted by Crippen LogP contribution is -2.22. The molecule has 2 aromatic heterocycles. The molecule has 5 rings (SSSR count). The average molecular weight is 494 g/mol. The van der Waals surface area contributed by atoms with E-state index in [4.69, 9.17) is 4.98 Å². The third-order valence-electron chi connectivity index (χ3n) is 6.43. The van der Waals surface area contributed by atoms with Gasteiger partial charge >= 0.3 is 0 Å². The summed E-state index contributed by atoms with van der Waals surface area (Å²) < 4.78 is 3.71. The van der Waals surface area contributed by atoms with Crippen LogP contribution >= 0.6 is 11.8 Å². The molecule has 36 heavy (non-hydrogen) atoms. The minimum absolute atomic E-state index is 0.00516. The van der Waals surface area contributed by atoms with E-state index in [0.29, 0.717) is 21.6 Å². The zero-order chi connectivity index (χ0) is 25.2. The maximum Gasteiger partial charge on any atom is 0.266 e. The Labute approximate surface area is 214 Å². The number of ketones is 1. The van der Waals surface area contributed by atoms with Crippen LogP contribution in [0.2, 0.25) is 0 Å². The number of fused-ring (bicyclic) bond motifs is 1. The van der Waals surface area contributed by atoms with Crippen LogP contribution in [0.1, 0.15) is 34.2 Å². The van der Waals surface area contributed by atoms with Gasteiger partial charge in [0.15, 0.2) is 10.9 Å². The number of nitrogens with zero attached hydrogens (tertiary/aromatic N) is 3. The van der Waals surface area contributed by atoms with Crippen LogP contribution in [0.25, 0.3) is 22.3 Å². The monoisotopic (exact) mass is 493 g/mol. The highest BCUT2D eigenvalue weighted by atomic mass is 32.2. The summed E-state index contributed by atoms with van der Waals surface area (Å²) >= 11 is 1.30. The first-order chi connectivity index (χ1) is 17.5. The van der Waals surface area contributed by atoms with Gasteiger partial charge in [0.1, 0.15) is 0 Å². The molecular weight excluding hydrogens is 466 g/mol. The average Bonchev–Trinajstić information content (AvgIpc) is 3.21. The molecular formula is C30H27N3O2S. The number of carbonyl (C=O) groups is 1. The second-order valence-corrected chi connectivity index (χ2v) is 9.68. The molecule has 0 spiro atoms. The highest BCUT2D eigenvalue weighted by Crippen LogP contribution is 2.26. The number of para-hydroxylation sites is 2. The summed E-state index contributed by atoms with van der Waals surface area (Å²) in [6, 6.07) is 27.2. The van der Waals surface area contributed by atoms with Gasteiger partial charge in [-0.3, -0.25) is 14.2 Å². The molecule has 0 amide bonds. The van der Waals surface area contributed by atoms with Gasteiger partial charge in [-0.15, -0.1) is 0 Å². The number of hydrogen-bond donors (Lipinski definition) is 0. The Morgan fingerprint density at radius 3 is 2.25 bits per heavy atom. The molecule has 0 aliphatic rings. The van der Waals surface area contributed by atoms with Crippen LogP contribution in [0, 0.1) is 13.8 Å². The Morgan fingerprint density at radius 1 is 0.861 bits per heavy atom. The van der Waals surface area contributed by atoms with Crippen molar-refractivity contribution in [3.63, 3.8) is 0 Å². The molecule has 0 bridgehead atoms. The quantitative estimate of drug-likeness (QED) is 0.151. The van der Waals surface area contributed by atoms with Crippen molar-refractivity contribution in [1.29, 1.82) is 0 Å². The Balaban J connectivity index is 1.51. The summed E-state index contributed by atoms with van der Waals surface area (Å²) in [5, 5.41) is 1.06. The number of carbonyl (C=O) groups excluding carboxylic acids is 1. The van der Waals surface area contributed by atoms with Crippen LogP contribution < -0.4 is 5.56 Å².